The maximum absolute atomic E-state index is 14.1. The summed E-state index contributed by atoms with van der Waals surface area (Å²) in [5, 5.41) is 1.69. The maximum atomic E-state index is 14.1. The van der Waals surface area contributed by atoms with Crippen molar-refractivity contribution in [2.45, 2.75) is 28.8 Å². The molecule has 0 radical (unpaired) electrons. The molecule has 6 rings (SSSR count). The van der Waals surface area contributed by atoms with Gasteiger partial charge in [0.15, 0.2) is 6.10 Å². The van der Waals surface area contributed by atoms with Gasteiger partial charge in [0.1, 0.15) is 17.1 Å². The molecule has 1 saturated heterocycles. The van der Waals surface area contributed by atoms with Crippen LogP contribution in [0.2, 0.25) is 0 Å². The lowest BCUT2D eigenvalue weighted by Crippen LogP contribution is -2.73. The second-order valence-electron chi connectivity index (χ2n) is 10.3. The number of rotatable bonds is 9. The highest BCUT2D eigenvalue weighted by molar-refractivity contribution is 7.92. The third-order valence-corrected chi connectivity index (χ3v) is 10.7. The van der Waals surface area contributed by atoms with Crippen LogP contribution in [0.25, 0.3) is 0 Å². The second kappa shape index (κ2) is 12.9. The SMILES string of the molecule is O=C(Cc1ccccc1)N[C@@H]1C(=O)N2C(C(=O)OC(c3ccccc3)c3ccccc3)=C(S(=O)c3ccccc3)CS(=O)[C@H]12. The zero-order valence-corrected chi connectivity index (χ0v) is 25.0. The standard InChI is InChI=1S/C34H28N2O6S2/c37-28(21-23-13-5-1-6-14-23)35-29-32(38)36-30(27(22-43(40)33(29)36)44(41)26-19-11-4-12-20-26)34(39)42-31(24-15-7-2-8-16-24)25-17-9-3-10-18-25/h1-20,29,31,33H,21-22H2,(H,35,37)/t29-,33-,43?,44?/m1/s1. The van der Waals surface area contributed by atoms with Crippen molar-refractivity contribution in [3.8, 4) is 0 Å². The minimum Gasteiger partial charge on any atom is -0.448 e. The van der Waals surface area contributed by atoms with Crippen molar-refractivity contribution in [2.75, 3.05) is 5.75 Å². The van der Waals surface area contributed by atoms with E-state index in [0.29, 0.717) is 16.0 Å². The summed E-state index contributed by atoms with van der Waals surface area (Å²) in [6, 6.07) is 34.8. The Labute approximate surface area is 259 Å². The number of amides is 2. The average Bonchev–Trinajstić information content (AvgIpc) is 3.07. The largest absolute Gasteiger partial charge is 0.448 e. The van der Waals surface area contributed by atoms with Gasteiger partial charge < -0.3 is 10.1 Å². The van der Waals surface area contributed by atoms with Gasteiger partial charge in [0.05, 0.1) is 38.7 Å². The van der Waals surface area contributed by atoms with Gasteiger partial charge in [-0.25, -0.2) is 9.00 Å². The zero-order chi connectivity index (χ0) is 30.6. The molecule has 2 aliphatic heterocycles. The van der Waals surface area contributed by atoms with Crippen molar-refractivity contribution in [1.82, 2.24) is 10.2 Å². The molecule has 8 nitrogen and oxygen atoms in total. The molecule has 0 bridgehead atoms. The number of hydrogen-bond donors (Lipinski definition) is 1. The van der Waals surface area contributed by atoms with E-state index in [4.69, 9.17) is 4.74 Å². The number of hydrogen-bond acceptors (Lipinski definition) is 6. The average molecular weight is 625 g/mol. The first-order chi connectivity index (χ1) is 21.4. The molecule has 1 fully saturated rings. The normalized spacial score (nSPS) is 20.0. The number of β-lactam (4-membered cyclic amide) rings is 1. The smallest absolute Gasteiger partial charge is 0.357 e. The quantitative estimate of drug-likeness (QED) is 0.223. The van der Waals surface area contributed by atoms with Gasteiger partial charge >= 0.3 is 5.97 Å². The minimum atomic E-state index is -1.91. The monoisotopic (exact) mass is 624 g/mol. The molecule has 44 heavy (non-hydrogen) atoms. The van der Waals surface area contributed by atoms with Crippen LogP contribution in [0.1, 0.15) is 22.8 Å². The molecule has 0 saturated carbocycles. The zero-order valence-electron chi connectivity index (χ0n) is 23.4. The van der Waals surface area contributed by atoms with Gasteiger partial charge in [-0.2, -0.15) is 0 Å². The summed E-state index contributed by atoms with van der Waals surface area (Å²) in [5.74, 6) is -2.13. The third kappa shape index (κ3) is 5.91. The number of nitrogens with zero attached hydrogens (tertiary/aromatic N) is 1. The lowest BCUT2D eigenvalue weighted by atomic mass is 10.0. The highest BCUT2D eigenvalue weighted by Crippen LogP contribution is 2.39. The van der Waals surface area contributed by atoms with E-state index in [9.17, 15) is 22.8 Å². The van der Waals surface area contributed by atoms with E-state index in [2.05, 4.69) is 5.32 Å². The molecular formula is C34H28N2O6S2. The molecule has 4 atom stereocenters. The Bertz CT molecular complexity index is 1730. The summed E-state index contributed by atoms with van der Waals surface area (Å²) in [6.07, 6.45) is -0.791. The Balaban J connectivity index is 1.35. The second-order valence-corrected chi connectivity index (χ2v) is 13.3. The van der Waals surface area contributed by atoms with Gasteiger partial charge in [-0.05, 0) is 28.8 Å². The van der Waals surface area contributed by atoms with Crippen LogP contribution >= 0.6 is 0 Å². The Morgan fingerprint density at radius 1 is 0.841 bits per heavy atom. The number of carbonyl (C=O) groups is 3. The van der Waals surface area contributed by atoms with Crippen LogP contribution in [0.5, 0.6) is 0 Å². The molecule has 0 spiro atoms. The van der Waals surface area contributed by atoms with E-state index in [0.717, 1.165) is 10.5 Å². The Hall–Kier alpha value is -4.67. The Kier molecular flexibility index (Phi) is 8.63. The topological polar surface area (TPSA) is 110 Å². The van der Waals surface area contributed by atoms with Gasteiger partial charge in [-0.1, -0.05) is 109 Å². The van der Waals surface area contributed by atoms with Gasteiger partial charge in [-0.15, -0.1) is 0 Å². The fraction of sp³-hybridized carbons (Fsp3) is 0.147. The summed E-state index contributed by atoms with van der Waals surface area (Å²) in [7, 11) is -3.66. The summed E-state index contributed by atoms with van der Waals surface area (Å²) in [6.45, 7) is 0. The Morgan fingerprint density at radius 3 is 1.93 bits per heavy atom. The number of benzene rings is 4. The molecule has 2 amide bonds. The van der Waals surface area contributed by atoms with Crippen molar-refractivity contribution in [1.29, 1.82) is 0 Å². The van der Waals surface area contributed by atoms with Crippen molar-refractivity contribution >= 4 is 39.4 Å². The number of nitrogens with one attached hydrogen (secondary N) is 1. The lowest BCUT2D eigenvalue weighted by Gasteiger charge is -2.49. The van der Waals surface area contributed by atoms with Crippen LogP contribution in [-0.2, 0) is 47.1 Å². The van der Waals surface area contributed by atoms with Crippen LogP contribution < -0.4 is 5.32 Å². The number of carbonyl (C=O) groups excluding carboxylic acids is 3. The molecule has 2 aliphatic rings. The van der Waals surface area contributed by atoms with Crippen LogP contribution in [0.15, 0.2) is 137 Å². The first-order valence-corrected chi connectivity index (χ1v) is 16.5. The van der Waals surface area contributed by atoms with Crippen LogP contribution in [-0.4, -0.2) is 48.3 Å². The van der Waals surface area contributed by atoms with E-state index in [-0.39, 0.29) is 22.8 Å². The Morgan fingerprint density at radius 2 is 1.36 bits per heavy atom. The molecule has 0 aliphatic carbocycles. The van der Waals surface area contributed by atoms with Crippen molar-refractivity contribution in [3.63, 3.8) is 0 Å². The van der Waals surface area contributed by atoms with Gasteiger partial charge in [-0.3, -0.25) is 18.7 Å². The lowest BCUT2D eigenvalue weighted by molar-refractivity contribution is -0.154. The molecule has 10 heteroatoms. The van der Waals surface area contributed by atoms with E-state index in [1.54, 1.807) is 42.5 Å². The number of fused-ring (bicyclic) bond motifs is 1. The van der Waals surface area contributed by atoms with Crippen molar-refractivity contribution in [3.05, 3.63) is 149 Å². The van der Waals surface area contributed by atoms with Gasteiger partial charge in [0.25, 0.3) is 5.91 Å². The van der Waals surface area contributed by atoms with Gasteiger partial charge in [0.2, 0.25) is 5.91 Å². The molecule has 4 aromatic carbocycles. The first kappa shape index (κ1) is 29.4. The molecule has 4 aromatic rings. The summed E-state index contributed by atoms with van der Waals surface area (Å²) < 4.78 is 33.5. The molecule has 1 N–H and O–H groups in total. The van der Waals surface area contributed by atoms with Crippen molar-refractivity contribution < 1.29 is 27.5 Å². The summed E-state index contributed by atoms with van der Waals surface area (Å²) >= 11 is 0. The highest BCUT2D eigenvalue weighted by atomic mass is 32.2. The molecule has 222 valence electrons. The predicted molar refractivity (Wildman–Crippen MR) is 166 cm³/mol. The summed E-state index contributed by atoms with van der Waals surface area (Å²) in [4.78, 5) is 42.1. The van der Waals surface area contributed by atoms with E-state index >= 15 is 0 Å². The molecular weight excluding hydrogens is 597 g/mol. The first-order valence-electron chi connectivity index (χ1n) is 14.0. The van der Waals surface area contributed by atoms with Crippen LogP contribution in [0.4, 0.5) is 0 Å². The van der Waals surface area contributed by atoms with Crippen molar-refractivity contribution in [2.24, 2.45) is 0 Å². The molecule has 2 unspecified atom stereocenters. The van der Waals surface area contributed by atoms with E-state index in [1.807, 2.05) is 78.9 Å². The molecule has 0 aromatic heterocycles. The van der Waals surface area contributed by atoms with Crippen LogP contribution in [0, 0.1) is 0 Å². The van der Waals surface area contributed by atoms with E-state index in [1.165, 1.54) is 0 Å². The molecule has 2 heterocycles. The third-order valence-electron chi connectivity index (χ3n) is 7.42. The fourth-order valence-electron chi connectivity index (χ4n) is 5.31. The van der Waals surface area contributed by atoms with Crippen LogP contribution in [0.3, 0.4) is 0 Å². The maximum Gasteiger partial charge on any atom is 0.357 e. The summed E-state index contributed by atoms with van der Waals surface area (Å²) in [5.41, 5.74) is 1.97. The number of esters is 1. The minimum absolute atomic E-state index is 0.0355. The highest BCUT2D eigenvalue weighted by Gasteiger charge is 2.58. The van der Waals surface area contributed by atoms with Gasteiger partial charge in [0, 0.05) is 4.90 Å². The fourth-order valence-corrected chi connectivity index (χ4v) is 8.63. The van der Waals surface area contributed by atoms with E-state index < -0.39 is 56.9 Å². The predicted octanol–water partition coefficient (Wildman–Crippen LogP) is 4.00. The number of ether oxygens (including phenoxy) is 1.